The van der Waals surface area contributed by atoms with Gasteiger partial charge in [0.1, 0.15) is 0 Å². The van der Waals surface area contributed by atoms with Gasteiger partial charge in [-0.05, 0) is 0 Å². The van der Waals surface area contributed by atoms with Crippen molar-refractivity contribution in [2.75, 3.05) is 7.05 Å². The predicted octanol–water partition coefficient (Wildman–Crippen LogP) is -1.11. The first-order valence-corrected chi connectivity index (χ1v) is 1.25. The molecule has 6 heavy (non-hydrogen) atoms. The van der Waals surface area contributed by atoms with Crippen molar-refractivity contribution >= 4 is 5.96 Å². The molecule has 3 nitrogen and oxygen atoms in total. The van der Waals surface area contributed by atoms with E-state index in [2.05, 4.69) is 4.99 Å². The second kappa shape index (κ2) is 5.21. The molecule has 0 saturated carbocycles. The van der Waals surface area contributed by atoms with E-state index in [9.17, 15) is 0 Å². The van der Waals surface area contributed by atoms with Gasteiger partial charge in [-0.15, -0.1) is 0 Å². The quantitative estimate of drug-likeness (QED) is 0.334. The molecule has 0 rings (SSSR count). The molecule has 0 unspecified atom stereocenters. The molecule has 0 aromatic heterocycles. The van der Waals surface area contributed by atoms with E-state index in [1.165, 1.54) is 7.05 Å². The molecule has 4 heteroatoms. The number of hydrogen-bond acceptors (Lipinski definition) is 1. The Kier molecular flexibility index (Phi) is 8.25. The molecule has 0 aliphatic rings. The summed E-state index contributed by atoms with van der Waals surface area (Å²) in [6, 6.07) is 0. The van der Waals surface area contributed by atoms with E-state index in [-0.39, 0.29) is 33.6 Å². The summed E-state index contributed by atoms with van der Waals surface area (Å²) in [6.07, 6.45) is 0. The van der Waals surface area contributed by atoms with E-state index in [1.807, 2.05) is 0 Å². The summed E-state index contributed by atoms with van der Waals surface area (Å²) in [5.41, 5.74) is 9.64. The van der Waals surface area contributed by atoms with Gasteiger partial charge < -0.3 is 11.5 Å². The van der Waals surface area contributed by atoms with Crippen LogP contribution in [0.2, 0.25) is 0 Å². The van der Waals surface area contributed by atoms with Crippen LogP contribution in [0.5, 0.6) is 0 Å². The molecule has 0 spiro atoms. The van der Waals surface area contributed by atoms with Crippen molar-refractivity contribution in [1.29, 1.82) is 0 Å². The summed E-state index contributed by atoms with van der Waals surface area (Å²) in [4.78, 5) is 3.36. The third-order valence-electron chi connectivity index (χ3n) is 0.258. The maximum Gasteiger partial charge on any atom is 0.185 e. The van der Waals surface area contributed by atoms with Crippen LogP contribution in [0.3, 0.4) is 0 Å². The molecular weight excluding hydrogens is 267 g/mol. The number of hydrogen-bond donors (Lipinski definition) is 2. The fourth-order valence-corrected chi connectivity index (χ4v) is 0. The van der Waals surface area contributed by atoms with Gasteiger partial charge in [-0.3, -0.25) is 4.99 Å². The Morgan fingerprint density at radius 1 is 1.50 bits per heavy atom. The molecular formula is C2H7HgN3. The molecule has 0 aromatic rings. The van der Waals surface area contributed by atoms with Crippen LogP contribution in [0.4, 0.5) is 0 Å². The summed E-state index contributed by atoms with van der Waals surface area (Å²) in [7, 11) is 1.54. The smallest absolute Gasteiger partial charge is 0.185 e. The van der Waals surface area contributed by atoms with Gasteiger partial charge in [-0.1, -0.05) is 0 Å². The predicted molar refractivity (Wildman–Crippen MR) is 21.7 cm³/mol. The molecule has 4 N–H and O–H groups in total. The van der Waals surface area contributed by atoms with Crippen molar-refractivity contribution in [2.45, 2.75) is 0 Å². The van der Waals surface area contributed by atoms with Gasteiger partial charge in [0.05, 0.1) is 0 Å². The SMILES string of the molecule is CN=C(N)N.[Hg]. The minimum absolute atomic E-state index is 0. The maximum absolute atomic E-state index is 4.82. The minimum Gasteiger partial charge on any atom is -0.370 e. The second-order valence-electron chi connectivity index (χ2n) is 0.648. The molecule has 32 valence electrons. The molecule has 0 aliphatic heterocycles. The van der Waals surface area contributed by atoms with Gasteiger partial charge >= 0.3 is 0 Å². The standard InChI is InChI=1S/C2H7N3.Hg/c1-5-2(3)4;/h1H3,(H4,3,4,5);. The molecule has 0 heterocycles. The van der Waals surface area contributed by atoms with Gasteiger partial charge in [0.2, 0.25) is 0 Å². The van der Waals surface area contributed by atoms with Gasteiger partial charge in [0.15, 0.2) is 5.96 Å². The minimum atomic E-state index is 0. The van der Waals surface area contributed by atoms with Crippen molar-refractivity contribution in [3.8, 4) is 0 Å². The Labute approximate surface area is 57.3 Å². The zero-order valence-electron chi connectivity index (χ0n) is 3.81. The van der Waals surface area contributed by atoms with E-state index in [1.54, 1.807) is 0 Å². The van der Waals surface area contributed by atoms with Crippen molar-refractivity contribution in [3.63, 3.8) is 0 Å². The van der Waals surface area contributed by atoms with Gasteiger partial charge in [0.25, 0.3) is 0 Å². The molecule has 0 saturated heterocycles. The normalized spacial score (nSPS) is 5.50. The summed E-state index contributed by atoms with van der Waals surface area (Å²) in [5, 5.41) is 0. The third kappa shape index (κ3) is 8.88. The Morgan fingerprint density at radius 3 is 1.67 bits per heavy atom. The van der Waals surface area contributed by atoms with E-state index in [0.29, 0.717) is 0 Å². The number of guanidine groups is 1. The van der Waals surface area contributed by atoms with Gasteiger partial charge in [0, 0.05) is 34.7 Å². The molecule has 0 amide bonds. The monoisotopic (exact) mass is 275 g/mol. The average Bonchev–Trinajstić information content (AvgIpc) is 1.38. The Morgan fingerprint density at radius 2 is 1.67 bits per heavy atom. The maximum atomic E-state index is 4.82. The first-order valence-electron chi connectivity index (χ1n) is 1.25. The first-order chi connectivity index (χ1) is 2.27. The van der Waals surface area contributed by atoms with E-state index >= 15 is 0 Å². The molecule has 0 atom stereocenters. The topological polar surface area (TPSA) is 64.4 Å². The van der Waals surface area contributed by atoms with Crippen LogP contribution in [-0.4, -0.2) is 13.0 Å². The number of nitrogens with two attached hydrogens (primary N) is 2. The Balaban J connectivity index is 0. The molecule has 0 bridgehead atoms. The van der Waals surface area contributed by atoms with Crippen molar-refractivity contribution < 1.29 is 27.7 Å². The molecule has 0 radical (unpaired) electrons. The van der Waals surface area contributed by atoms with Crippen LogP contribution in [0.15, 0.2) is 4.99 Å². The largest absolute Gasteiger partial charge is 0.370 e. The van der Waals surface area contributed by atoms with Crippen molar-refractivity contribution in [2.24, 2.45) is 16.5 Å². The second-order valence-corrected chi connectivity index (χ2v) is 0.648. The van der Waals surface area contributed by atoms with Crippen molar-refractivity contribution in [1.82, 2.24) is 0 Å². The summed E-state index contributed by atoms with van der Waals surface area (Å²) in [5.74, 6) is 0.130. The van der Waals surface area contributed by atoms with Crippen LogP contribution in [0.25, 0.3) is 0 Å². The zero-order chi connectivity index (χ0) is 4.28. The third-order valence-corrected chi connectivity index (χ3v) is 0.258. The fraction of sp³-hybridized carbons (Fsp3) is 0.500. The van der Waals surface area contributed by atoms with Crippen LogP contribution in [-0.2, 0) is 27.7 Å². The van der Waals surface area contributed by atoms with Crippen LogP contribution in [0.1, 0.15) is 0 Å². The first kappa shape index (κ1) is 9.51. The summed E-state index contributed by atoms with van der Waals surface area (Å²) >= 11 is 0. The Bertz CT molecular complexity index is 46.8. The van der Waals surface area contributed by atoms with Gasteiger partial charge in [-0.2, -0.15) is 0 Å². The number of rotatable bonds is 0. The van der Waals surface area contributed by atoms with Crippen molar-refractivity contribution in [3.05, 3.63) is 0 Å². The van der Waals surface area contributed by atoms with E-state index in [0.717, 1.165) is 0 Å². The summed E-state index contributed by atoms with van der Waals surface area (Å²) < 4.78 is 0. The van der Waals surface area contributed by atoms with E-state index < -0.39 is 0 Å². The Hall–Kier alpha value is 0.205. The summed E-state index contributed by atoms with van der Waals surface area (Å²) in [6.45, 7) is 0. The number of aliphatic imine (C=N–C) groups is 1. The van der Waals surface area contributed by atoms with Crippen LogP contribution < -0.4 is 11.5 Å². The number of nitrogens with zero attached hydrogens (tertiary/aromatic N) is 1. The molecule has 0 aliphatic carbocycles. The average molecular weight is 274 g/mol. The van der Waals surface area contributed by atoms with Crippen LogP contribution >= 0.6 is 0 Å². The van der Waals surface area contributed by atoms with Gasteiger partial charge in [-0.25, -0.2) is 0 Å². The van der Waals surface area contributed by atoms with E-state index in [4.69, 9.17) is 11.5 Å². The zero-order valence-corrected chi connectivity index (χ0v) is 9.31. The van der Waals surface area contributed by atoms with Crippen LogP contribution in [0, 0.1) is 0 Å². The fourth-order valence-electron chi connectivity index (χ4n) is 0. The molecule has 0 fully saturated rings. The molecule has 0 aromatic carbocycles.